The normalized spacial score (nSPS) is 23.6. The first-order valence-electron chi connectivity index (χ1n) is 7.46. The highest BCUT2D eigenvalue weighted by molar-refractivity contribution is 6.30. The van der Waals surface area contributed by atoms with Crippen molar-refractivity contribution in [1.29, 1.82) is 0 Å². The van der Waals surface area contributed by atoms with E-state index < -0.39 is 0 Å². The fourth-order valence-corrected chi connectivity index (χ4v) is 3.24. The number of fused-ring (bicyclic) bond motifs is 1. The Morgan fingerprint density at radius 1 is 1.38 bits per heavy atom. The summed E-state index contributed by atoms with van der Waals surface area (Å²) in [5.74, 6) is 0.622. The van der Waals surface area contributed by atoms with Gasteiger partial charge in [-0.1, -0.05) is 36.7 Å². The Morgan fingerprint density at radius 3 is 3.00 bits per heavy atom. The lowest BCUT2D eigenvalue weighted by molar-refractivity contribution is -0.00745. The van der Waals surface area contributed by atoms with Crippen molar-refractivity contribution in [3.05, 3.63) is 41.0 Å². The van der Waals surface area contributed by atoms with E-state index in [1.165, 1.54) is 0 Å². The first kappa shape index (κ1) is 14.8. The highest BCUT2D eigenvalue weighted by atomic mass is 35.5. The molecule has 1 saturated heterocycles. The number of rotatable bonds is 3. The molecule has 1 aromatic carbocycles. The standard InChI is InChI=1S/C17H21ClN2O/c1-12-7-8-20(11-16(12)21-2)10-14-9-13-5-3-4-6-15(13)19-17(14)18/h3-6,9,12,16H,7-8,10-11H2,1-2H3. The van der Waals surface area contributed by atoms with Crippen molar-refractivity contribution in [3.63, 3.8) is 0 Å². The number of likely N-dealkylation sites (tertiary alicyclic amines) is 1. The average Bonchev–Trinajstić information content (AvgIpc) is 2.50. The molecule has 3 nitrogen and oxygen atoms in total. The number of hydrogen-bond donors (Lipinski definition) is 0. The van der Waals surface area contributed by atoms with E-state index in [9.17, 15) is 0 Å². The van der Waals surface area contributed by atoms with E-state index in [1.807, 2.05) is 18.2 Å². The van der Waals surface area contributed by atoms with Gasteiger partial charge in [-0.3, -0.25) is 4.90 Å². The van der Waals surface area contributed by atoms with Crippen LogP contribution in [0.15, 0.2) is 30.3 Å². The van der Waals surface area contributed by atoms with Crippen LogP contribution in [0.25, 0.3) is 10.9 Å². The summed E-state index contributed by atoms with van der Waals surface area (Å²) in [5, 5.41) is 1.76. The molecule has 0 saturated carbocycles. The van der Waals surface area contributed by atoms with Crippen molar-refractivity contribution in [2.45, 2.75) is 26.0 Å². The molecule has 0 amide bonds. The first-order chi connectivity index (χ1) is 10.2. The Labute approximate surface area is 130 Å². The van der Waals surface area contributed by atoms with Gasteiger partial charge in [0.2, 0.25) is 0 Å². The Balaban J connectivity index is 1.80. The van der Waals surface area contributed by atoms with Crippen LogP contribution in [0.2, 0.25) is 5.15 Å². The molecular weight excluding hydrogens is 284 g/mol. The molecule has 4 heteroatoms. The molecule has 2 heterocycles. The van der Waals surface area contributed by atoms with Gasteiger partial charge in [0.25, 0.3) is 0 Å². The molecular formula is C17H21ClN2O. The van der Waals surface area contributed by atoms with Crippen LogP contribution in [0.5, 0.6) is 0 Å². The summed E-state index contributed by atoms with van der Waals surface area (Å²) in [6.07, 6.45) is 1.47. The molecule has 0 spiro atoms. The minimum Gasteiger partial charge on any atom is -0.380 e. The minimum atomic E-state index is 0.311. The summed E-state index contributed by atoms with van der Waals surface area (Å²) in [6.45, 7) is 5.14. The molecule has 1 aliphatic rings. The molecule has 0 N–H and O–H groups in total. The van der Waals surface area contributed by atoms with E-state index in [2.05, 4.69) is 28.9 Å². The second-order valence-corrected chi connectivity index (χ2v) is 6.26. The van der Waals surface area contributed by atoms with Crippen LogP contribution in [-0.4, -0.2) is 36.2 Å². The van der Waals surface area contributed by atoms with E-state index >= 15 is 0 Å². The van der Waals surface area contributed by atoms with Crippen LogP contribution in [0, 0.1) is 5.92 Å². The van der Waals surface area contributed by atoms with Crippen LogP contribution in [0.4, 0.5) is 0 Å². The predicted molar refractivity (Wildman–Crippen MR) is 86.6 cm³/mol. The highest BCUT2D eigenvalue weighted by Crippen LogP contribution is 2.25. The number of pyridine rings is 1. The number of hydrogen-bond acceptors (Lipinski definition) is 3. The third kappa shape index (κ3) is 3.20. The molecule has 1 aromatic heterocycles. The Hall–Kier alpha value is -1.16. The summed E-state index contributed by atoms with van der Waals surface area (Å²) in [7, 11) is 1.80. The maximum atomic E-state index is 6.35. The minimum absolute atomic E-state index is 0.311. The van der Waals surface area contributed by atoms with Gasteiger partial charge in [-0.05, 0) is 31.0 Å². The lowest BCUT2D eigenvalue weighted by Crippen LogP contribution is -2.43. The maximum absolute atomic E-state index is 6.35. The first-order valence-corrected chi connectivity index (χ1v) is 7.84. The largest absolute Gasteiger partial charge is 0.380 e. The number of benzene rings is 1. The third-order valence-electron chi connectivity index (χ3n) is 4.42. The van der Waals surface area contributed by atoms with Gasteiger partial charge in [-0.15, -0.1) is 0 Å². The zero-order valence-electron chi connectivity index (χ0n) is 12.6. The number of piperidine rings is 1. The number of para-hydroxylation sites is 1. The Kier molecular flexibility index (Phi) is 4.43. The average molecular weight is 305 g/mol. The monoisotopic (exact) mass is 304 g/mol. The van der Waals surface area contributed by atoms with Gasteiger partial charge in [0.15, 0.2) is 0 Å². The summed E-state index contributed by atoms with van der Waals surface area (Å²) in [4.78, 5) is 6.91. The molecule has 1 aliphatic heterocycles. The van der Waals surface area contributed by atoms with Crippen molar-refractivity contribution in [2.24, 2.45) is 5.92 Å². The number of nitrogens with zero attached hydrogens (tertiary/aromatic N) is 2. The van der Waals surface area contributed by atoms with E-state index in [4.69, 9.17) is 16.3 Å². The van der Waals surface area contributed by atoms with Crippen molar-refractivity contribution in [3.8, 4) is 0 Å². The molecule has 21 heavy (non-hydrogen) atoms. The van der Waals surface area contributed by atoms with Gasteiger partial charge < -0.3 is 4.74 Å². The fourth-order valence-electron chi connectivity index (χ4n) is 3.04. The summed E-state index contributed by atoms with van der Waals surface area (Å²) in [6, 6.07) is 10.3. The van der Waals surface area contributed by atoms with E-state index in [0.717, 1.165) is 42.5 Å². The molecule has 0 radical (unpaired) electrons. The molecule has 2 aromatic rings. The van der Waals surface area contributed by atoms with Crippen molar-refractivity contribution >= 4 is 22.5 Å². The van der Waals surface area contributed by atoms with Crippen molar-refractivity contribution in [1.82, 2.24) is 9.88 Å². The van der Waals surface area contributed by atoms with Gasteiger partial charge in [-0.2, -0.15) is 0 Å². The van der Waals surface area contributed by atoms with Gasteiger partial charge in [-0.25, -0.2) is 4.98 Å². The number of aromatic nitrogens is 1. The van der Waals surface area contributed by atoms with Crippen LogP contribution in [-0.2, 0) is 11.3 Å². The lowest BCUT2D eigenvalue weighted by Gasteiger charge is -2.36. The van der Waals surface area contributed by atoms with Gasteiger partial charge in [0.05, 0.1) is 11.6 Å². The molecule has 112 valence electrons. The lowest BCUT2D eigenvalue weighted by atomic mass is 9.95. The molecule has 2 unspecified atom stereocenters. The van der Waals surface area contributed by atoms with Crippen LogP contribution in [0.1, 0.15) is 18.9 Å². The van der Waals surface area contributed by atoms with E-state index in [1.54, 1.807) is 7.11 Å². The molecule has 0 bridgehead atoms. The quantitative estimate of drug-likeness (QED) is 0.808. The summed E-state index contributed by atoms with van der Waals surface area (Å²) < 4.78 is 5.58. The summed E-state index contributed by atoms with van der Waals surface area (Å²) in [5.41, 5.74) is 2.05. The topological polar surface area (TPSA) is 25.4 Å². The molecule has 2 atom stereocenters. The van der Waals surface area contributed by atoms with Crippen LogP contribution < -0.4 is 0 Å². The SMILES string of the molecule is COC1CN(Cc2cc3ccccc3nc2Cl)CCC1C. The van der Waals surface area contributed by atoms with E-state index in [0.29, 0.717) is 17.2 Å². The molecule has 3 rings (SSSR count). The Bertz CT molecular complexity index is 631. The van der Waals surface area contributed by atoms with Gasteiger partial charge in [0, 0.05) is 31.1 Å². The second kappa shape index (κ2) is 6.30. The van der Waals surface area contributed by atoms with E-state index in [-0.39, 0.29) is 0 Å². The van der Waals surface area contributed by atoms with Crippen LogP contribution >= 0.6 is 11.6 Å². The number of methoxy groups -OCH3 is 1. The van der Waals surface area contributed by atoms with Crippen LogP contribution in [0.3, 0.4) is 0 Å². The van der Waals surface area contributed by atoms with Crippen molar-refractivity contribution < 1.29 is 4.74 Å². The summed E-state index contributed by atoms with van der Waals surface area (Å²) >= 11 is 6.35. The third-order valence-corrected chi connectivity index (χ3v) is 4.75. The Morgan fingerprint density at radius 2 is 2.19 bits per heavy atom. The second-order valence-electron chi connectivity index (χ2n) is 5.91. The molecule has 1 fully saturated rings. The maximum Gasteiger partial charge on any atom is 0.134 e. The molecule has 0 aliphatic carbocycles. The van der Waals surface area contributed by atoms with Gasteiger partial charge >= 0.3 is 0 Å². The number of ether oxygens (including phenoxy) is 1. The predicted octanol–water partition coefficient (Wildman–Crippen LogP) is 3.75. The zero-order chi connectivity index (χ0) is 14.8. The van der Waals surface area contributed by atoms with Gasteiger partial charge in [0.1, 0.15) is 5.15 Å². The number of halogens is 1. The zero-order valence-corrected chi connectivity index (χ0v) is 13.3. The highest BCUT2D eigenvalue weighted by Gasteiger charge is 2.26. The fraction of sp³-hybridized carbons (Fsp3) is 0.471. The van der Waals surface area contributed by atoms with Crippen molar-refractivity contribution in [2.75, 3.05) is 20.2 Å². The smallest absolute Gasteiger partial charge is 0.134 e.